The normalized spacial score (nSPS) is 12.6. The van der Waals surface area contributed by atoms with E-state index in [-0.39, 0.29) is 16.7 Å². The Labute approximate surface area is 268 Å². The lowest BCUT2D eigenvalue weighted by molar-refractivity contribution is -0.142. The van der Waals surface area contributed by atoms with E-state index in [1.807, 2.05) is 12.1 Å². The summed E-state index contributed by atoms with van der Waals surface area (Å²) in [7, 11) is 0. The van der Waals surface area contributed by atoms with E-state index in [1.54, 1.807) is 0 Å². The summed E-state index contributed by atoms with van der Waals surface area (Å²) in [5.74, 6) is -0.715. The van der Waals surface area contributed by atoms with Crippen LogP contribution in [0.2, 0.25) is 0 Å². The van der Waals surface area contributed by atoms with Crippen LogP contribution in [-0.2, 0) is 22.0 Å². The van der Waals surface area contributed by atoms with Crippen molar-refractivity contribution in [3.8, 4) is 5.75 Å². The number of carbonyl (C=O) groups is 1. The number of unbranched alkanes of at least 4 members (excludes halogenated alkanes) is 16. The van der Waals surface area contributed by atoms with Crippen LogP contribution in [0, 0.1) is 5.92 Å². The molecule has 0 heterocycles. The number of carboxylic acids is 1. The van der Waals surface area contributed by atoms with Crippen LogP contribution in [0.3, 0.4) is 0 Å². The molecule has 1 atom stereocenters. The number of phenols is 1. The third kappa shape index (κ3) is 20.2. The molecular weight excluding hydrogens is 530 g/mol. The van der Waals surface area contributed by atoms with Gasteiger partial charge in [0.1, 0.15) is 5.75 Å². The van der Waals surface area contributed by atoms with Crippen LogP contribution in [0.15, 0.2) is 12.1 Å². The number of phenolic OH excluding ortho intramolecular Hbond substituents is 1. The summed E-state index contributed by atoms with van der Waals surface area (Å²) in [6.45, 7) is 17.9. The third-order valence-electron chi connectivity index (χ3n) is 8.58. The van der Waals surface area contributed by atoms with Gasteiger partial charge in [0, 0.05) is 0 Å². The molecule has 0 saturated carbocycles. The van der Waals surface area contributed by atoms with Crippen LogP contribution in [0.5, 0.6) is 5.75 Å². The van der Waals surface area contributed by atoms with Gasteiger partial charge < -0.3 is 15.9 Å². The average Bonchev–Trinajstić information content (AvgIpc) is 2.92. The molecule has 1 unspecified atom stereocenters. The maximum atomic E-state index is 12.0. The molecule has 0 aromatic heterocycles. The molecule has 4 heteroatoms. The van der Waals surface area contributed by atoms with E-state index in [1.165, 1.54) is 103 Å². The zero-order valence-corrected chi connectivity index (χ0v) is 30.0. The zero-order valence-electron chi connectivity index (χ0n) is 30.0. The molecule has 0 amide bonds. The molecule has 0 radical (unpaired) electrons. The van der Waals surface area contributed by atoms with Crippen LogP contribution in [0.25, 0.3) is 0 Å². The van der Waals surface area contributed by atoms with Crippen LogP contribution in [0.4, 0.5) is 0 Å². The number of carboxylic acid groups (broad SMARTS) is 1. The van der Waals surface area contributed by atoms with Crippen molar-refractivity contribution < 1.29 is 15.0 Å². The second-order valence-corrected chi connectivity index (χ2v) is 15.0. The van der Waals surface area contributed by atoms with Gasteiger partial charge in [-0.1, -0.05) is 177 Å². The number of nitrogens with two attached hydrogens (primary N) is 1. The maximum Gasteiger partial charge on any atom is 0.306 e. The lowest BCUT2D eigenvalue weighted by Gasteiger charge is -2.28. The van der Waals surface area contributed by atoms with Crippen molar-refractivity contribution in [3.63, 3.8) is 0 Å². The molecule has 4 nitrogen and oxygen atoms in total. The third-order valence-corrected chi connectivity index (χ3v) is 8.58. The molecule has 1 aromatic rings. The Balaban J connectivity index is 0.00000135. The van der Waals surface area contributed by atoms with Crippen molar-refractivity contribution in [1.82, 2.24) is 0 Å². The van der Waals surface area contributed by atoms with Gasteiger partial charge in [-0.15, -0.1) is 0 Å². The largest absolute Gasteiger partial charge is 0.507 e. The number of benzene rings is 1. The SMILES string of the molecule is CCCCCCCCCCCCC(Cc1cc(C(C)(C)C)c(O)c(C(C)(C)C)c1)C(=O)O.CCCCCCCCCCN. The molecule has 1 aromatic carbocycles. The minimum absolute atomic E-state index is 0.199. The van der Waals surface area contributed by atoms with Gasteiger partial charge in [-0.25, -0.2) is 0 Å². The fraction of sp³-hybridized carbons (Fsp3) is 0.821. The van der Waals surface area contributed by atoms with Crippen molar-refractivity contribution in [3.05, 3.63) is 28.8 Å². The predicted molar refractivity (Wildman–Crippen MR) is 188 cm³/mol. The van der Waals surface area contributed by atoms with E-state index < -0.39 is 5.97 Å². The summed E-state index contributed by atoms with van der Waals surface area (Å²) in [5.41, 5.74) is 7.83. The lowest BCUT2D eigenvalue weighted by atomic mass is 9.77. The second kappa shape index (κ2) is 23.8. The summed E-state index contributed by atoms with van der Waals surface area (Å²) in [5, 5.41) is 20.8. The summed E-state index contributed by atoms with van der Waals surface area (Å²) >= 11 is 0. The minimum atomic E-state index is -0.705. The first-order chi connectivity index (χ1) is 20.3. The first-order valence-electron chi connectivity index (χ1n) is 18.1. The molecule has 252 valence electrons. The van der Waals surface area contributed by atoms with Crippen molar-refractivity contribution in [2.45, 2.75) is 195 Å². The molecule has 43 heavy (non-hydrogen) atoms. The first kappa shape index (κ1) is 41.4. The van der Waals surface area contributed by atoms with Gasteiger partial charge >= 0.3 is 5.97 Å². The number of aromatic hydroxyl groups is 1. The van der Waals surface area contributed by atoms with Gasteiger partial charge in [-0.2, -0.15) is 0 Å². The smallest absolute Gasteiger partial charge is 0.306 e. The number of aliphatic carboxylic acids is 1. The number of rotatable bonds is 22. The van der Waals surface area contributed by atoms with E-state index in [0.29, 0.717) is 12.2 Å². The monoisotopic (exact) mass is 604 g/mol. The summed E-state index contributed by atoms with van der Waals surface area (Å²) in [4.78, 5) is 12.0. The van der Waals surface area contributed by atoms with Gasteiger partial charge in [-0.05, 0) is 53.3 Å². The molecule has 0 spiro atoms. The first-order valence-corrected chi connectivity index (χ1v) is 18.1. The number of hydrogen-bond donors (Lipinski definition) is 3. The molecule has 0 aliphatic rings. The Morgan fingerprint density at radius 1 is 0.651 bits per heavy atom. The van der Waals surface area contributed by atoms with E-state index in [0.717, 1.165) is 42.5 Å². The average molecular weight is 604 g/mol. The highest BCUT2D eigenvalue weighted by Gasteiger charge is 2.28. The van der Waals surface area contributed by atoms with Crippen molar-refractivity contribution >= 4 is 5.97 Å². The van der Waals surface area contributed by atoms with Gasteiger partial charge in [0.2, 0.25) is 0 Å². The second-order valence-electron chi connectivity index (χ2n) is 15.0. The summed E-state index contributed by atoms with van der Waals surface area (Å²) in [6.07, 6.45) is 24.8. The fourth-order valence-corrected chi connectivity index (χ4v) is 5.71. The van der Waals surface area contributed by atoms with Gasteiger partial charge in [0.15, 0.2) is 0 Å². The lowest BCUT2D eigenvalue weighted by Crippen LogP contribution is -2.20. The zero-order chi connectivity index (χ0) is 32.7. The highest BCUT2D eigenvalue weighted by molar-refractivity contribution is 5.70. The predicted octanol–water partition coefficient (Wildman–Crippen LogP) is 11.6. The summed E-state index contributed by atoms with van der Waals surface area (Å²) < 4.78 is 0. The van der Waals surface area contributed by atoms with Gasteiger partial charge in [0.25, 0.3) is 0 Å². The topological polar surface area (TPSA) is 83.5 Å². The van der Waals surface area contributed by atoms with Crippen LogP contribution < -0.4 is 5.73 Å². The molecule has 1 rings (SSSR count). The van der Waals surface area contributed by atoms with Gasteiger partial charge in [-0.3, -0.25) is 4.79 Å². The van der Waals surface area contributed by atoms with E-state index in [2.05, 4.69) is 55.4 Å². The van der Waals surface area contributed by atoms with Crippen molar-refractivity contribution in [2.75, 3.05) is 6.54 Å². The highest BCUT2D eigenvalue weighted by Crippen LogP contribution is 2.40. The molecule has 0 saturated heterocycles. The Morgan fingerprint density at radius 2 is 1.00 bits per heavy atom. The molecule has 0 aliphatic heterocycles. The Bertz CT molecular complexity index is 791. The molecule has 4 N–H and O–H groups in total. The van der Waals surface area contributed by atoms with Gasteiger partial charge in [0.05, 0.1) is 5.92 Å². The van der Waals surface area contributed by atoms with Crippen LogP contribution in [0.1, 0.15) is 194 Å². The van der Waals surface area contributed by atoms with E-state index in [9.17, 15) is 15.0 Å². The van der Waals surface area contributed by atoms with E-state index in [4.69, 9.17) is 5.73 Å². The molecule has 0 fully saturated rings. The van der Waals surface area contributed by atoms with E-state index >= 15 is 0 Å². The molecular formula is C39H73NO3. The highest BCUT2D eigenvalue weighted by atomic mass is 16.4. The fourth-order valence-electron chi connectivity index (χ4n) is 5.71. The maximum absolute atomic E-state index is 12.0. The van der Waals surface area contributed by atoms with Crippen molar-refractivity contribution in [2.24, 2.45) is 11.7 Å². The summed E-state index contributed by atoms with van der Waals surface area (Å²) in [6, 6.07) is 4.05. The quantitative estimate of drug-likeness (QED) is 0.115. The van der Waals surface area contributed by atoms with Crippen LogP contribution >= 0.6 is 0 Å². The standard InChI is InChI=1S/C29H50O3.C10H23N/c1-8-9-10-11-12-13-14-15-16-17-18-23(27(31)32)19-22-20-24(28(2,3)4)26(30)25(21-22)29(5,6)7;1-2-3-4-5-6-7-8-9-10-11/h20-21,23,30H,8-19H2,1-7H3,(H,31,32);2-11H2,1H3. The van der Waals surface area contributed by atoms with Crippen LogP contribution in [-0.4, -0.2) is 22.7 Å². The number of hydrogen-bond acceptors (Lipinski definition) is 3. The molecule has 0 bridgehead atoms. The Hall–Kier alpha value is -1.55. The Morgan fingerprint density at radius 3 is 1.33 bits per heavy atom. The minimum Gasteiger partial charge on any atom is -0.507 e. The Kier molecular flexibility index (Phi) is 22.9. The molecule has 0 aliphatic carbocycles. The van der Waals surface area contributed by atoms with Crippen molar-refractivity contribution in [1.29, 1.82) is 0 Å².